The maximum absolute atomic E-state index is 11.4. The first-order valence-electron chi connectivity index (χ1n) is 5.94. The highest BCUT2D eigenvalue weighted by Gasteiger charge is 2.20. The molecule has 0 aliphatic carbocycles. The third kappa shape index (κ3) is 4.19. The Morgan fingerprint density at radius 3 is 2.35 bits per heavy atom. The largest absolute Gasteiger partial charge is 0.354 e. The Bertz CT molecular complexity index is 368. The summed E-state index contributed by atoms with van der Waals surface area (Å²) in [6, 6.07) is 8.46. The topological polar surface area (TPSA) is 41.1 Å². The SMILES string of the molecule is CNCC(=O)NCC(C)(C)c1ccc(C)cc1. The van der Waals surface area contributed by atoms with E-state index in [2.05, 4.69) is 55.7 Å². The van der Waals surface area contributed by atoms with Crippen molar-refractivity contribution in [1.82, 2.24) is 10.6 Å². The third-order valence-corrected chi connectivity index (χ3v) is 2.90. The van der Waals surface area contributed by atoms with E-state index in [1.54, 1.807) is 7.05 Å². The van der Waals surface area contributed by atoms with Crippen LogP contribution in [0.4, 0.5) is 0 Å². The van der Waals surface area contributed by atoms with Gasteiger partial charge in [-0.15, -0.1) is 0 Å². The second-order valence-electron chi connectivity index (χ2n) is 5.06. The van der Waals surface area contributed by atoms with E-state index in [1.165, 1.54) is 11.1 Å². The fraction of sp³-hybridized carbons (Fsp3) is 0.500. The second kappa shape index (κ2) is 5.82. The van der Waals surface area contributed by atoms with E-state index in [-0.39, 0.29) is 11.3 Å². The zero-order chi connectivity index (χ0) is 12.9. The van der Waals surface area contributed by atoms with Gasteiger partial charge in [0.1, 0.15) is 0 Å². The summed E-state index contributed by atoms with van der Waals surface area (Å²) in [6.45, 7) is 7.36. The molecule has 0 spiro atoms. The van der Waals surface area contributed by atoms with Gasteiger partial charge in [0.05, 0.1) is 6.54 Å². The molecule has 0 atom stereocenters. The number of hydrogen-bond donors (Lipinski definition) is 2. The van der Waals surface area contributed by atoms with E-state index in [0.29, 0.717) is 13.1 Å². The number of rotatable bonds is 5. The van der Waals surface area contributed by atoms with Crippen LogP contribution in [0, 0.1) is 6.92 Å². The van der Waals surface area contributed by atoms with E-state index in [9.17, 15) is 4.79 Å². The molecule has 2 N–H and O–H groups in total. The van der Waals surface area contributed by atoms with Crippen molar-refractivity contribution in [1.29, 1.82) is 0 Å². The molecule has 17 heavy (non-hydrogen) atoms. The van der Waals surface area contributed by atoms with Gasteiger partial charge in [-0.05, 0) is 19.5 Å². The molecule has 1 rings (SSSR count). The Balaban J connectivity index is 2.61. The van der Waals surface area contributed by atoms with Gasteiger partial charge in [0, 0.05) is 12.0 Å². The van der Waals surface area contributed by atoms with E-state index < -0.39 is 0 Å². The number of carbonyl (C=O) groups is 1. The number of likely N-dealkylation sites (N-methyl/N-ethyl adjacent to an activating group) is 1. The molecular formula is C14H22N2O. The van der Waals surface area contributed by atoms with Crippen molar-refractivity contribution >= 4 is 5.91 Å². The summed E-state index contributed by atoms with van der Waals surface area (Å²) < 4.78 is 0. The van der Waals surface area contributed by atoms with Crippen LogP contribution in [0.2, 0.25) is 0 Å². The van der Waals surface area contributed by atoms with Crippen LogP contribution in [0.1, 0.15) is 25.0 Å². The monoisotopic (exact) mass is 234 g/mol. The molecule has 0 aromatic heterocycles. The zero-order valence-corrected chi connectivity index (χ0v) is 11.1. The van der Waals surface area contributed by atoms with Crippen LogP contribution in [0.15, 0.2) is 24.3 Å². The van der Waals surface area contributed by atoms with Gasteiger partial charge in [0.15, 0.2) is 0 Å². The molecule has 0 saturated heterocycles. The number of amides is 1. The number of carbonyl (C=O) groups excluding carboxylic acids is 1. The predicted molar refractivity (Wildman–Crippen MR) is 71.1 cm³/mol. The Labute approximate surface area is 104 Å². The summed E-state index contributed by atoms with van der Waals surface area (Å²) in [6.07, 6.45) is 0. The fourth-order valence-corrected chi connectivity index (χ4v) is 1.65. The van der Waals surface area contributed by atoms with Crippen LogP contribution >= 0.6 is 0 Å². The highest BCUT2D eigenvalue weighted by Crippen LogP contribution is 2.22. The van der Waals surface area contributed by atoms with Gasteiger partial charge in [-0.3, -0.25) is 4.79 Å². The Kier molecular flexibility index (Phi) is 4.70. The van der Waals surface area contributed by atoms with Crippen LogP contribution in [-0.2, 0) is 10.2 Å². The number of benzene rings is 1. The van der Waals surface area contributed by atoms with Crippen molar-refractivity contribution in [2.75, 3.05) is 20.1 Å². The van der Waals surface area contributed by atoms with Crippen LogP contribution < -0.4 is 10.6 Å². The minimum atomic E-state index is -0.0445. The molecule has 3 heteroatoms. The smallest absolute Gasteiger partial charge is 0.233 e. The van der Waals surface area contributed by atoms with Crippen molar-refractivity contribution in [3.8, 4) is 0 Å². The molecule has 0 heterocycles. The molecule has 0 bridgehead atoms. The molecule has 1 aromatic rings. The van der Waals surface area contributed by atoms with Gasteiger partial charge in [-0.25, -0.2) is 0 Å². The van der Waals surface area contributed by atoms with E-state index in [4.69, 9.17) is 0 Å². The second-order valence-corrected chi connectivity index (χ2v) is 5.06. The molecule has 3 nitrogen and oxygen atoms in total. The number of aryl methyl sites for hydroxylation is 1. The van der Waals surface area contributed by atoms with E-state index >= 15 is 0 Å². The van der Waals surface area contributed by atoms with Crippen LogP contribution in [-0.4, -0.2) is 26.0 Å². The Morgan fingerprint density at radius 1 is 1.24 bits per heavy atom. The summed E-state index contributed by atoms with van der Waals surface area (Å²) >= 11 is 0. The Morgan fingerprint density at radius 2 is 1.82 bits per heavy atom. The summed E-state index contributed by atoms with van der Waals surface area (Å²) in [7, 11) is 1.77. The predicted octanol–water partition coefficient (Wildman–Crippen LogP) is 1.61. The summed E-state index contributed by atoms with van der Waals surface area (Å²) in [5.74, 6) is 0.0349. The fourth-order valence-electron chi connectivity index (χ4n) is 1.65. The van der Waals surface area contributed by atoms with Gasteiger partial charge in [0.25, 0.3) is 0 Å². The van der Waals surface area contributed by atoms with Crippen molar-refractivity contribution in [2.24, 2.45) is 0 Å². The quantitative estimate of drug-likeness (QED) is 0.812. The van der Waals surface area contributed by atoms with Gasteiger partial charge in [-0.1, -0.05) is 43.7 Å². The zero-order valence-electron chi connectivity index (χ0n) is 11.1. The normalized spacial score (nSPS) is 11.3. The lowest BCUT2D eigenvalue weighted by atomic mass is 9.84. The number of hydrogen-bond acceptors (Lipinski definition) is 2. The first-order chi connectivity index (χ1) is 7.95. The highest BCUT2D eigenvalue weighted by molar-refractivity contribution is 5.78. The minimum absolute atomic E-state index is 0.0349. The average molecular weight is 234 g/mol. The maximum Gasteiger partial charge on any atom is 0.233 e. The van der Waals surface area contributed by atoms with Gasteiger partial charge in [-0.2, -0.15) is 0 Å². The Hall–Kier alpha value is -1.35. The summed E-state index contributed by atoms with van der Waals surface area (Å²) in [4.78, 5) is 11.4. The minimum Gasteiger partial charge on any atom is -0.354 e. The molecule has 0 fully saturated rings. The van der Waals surface area contributed by atoms with Gasteiger partial charge < -0.3 is 10.6 Å². The molecular weight excluding hydrogens is 212 g/mol. The molecule has 0 aliphatic rings. The summed E-state index contributed by atoms with van der Waals surface area (Å²) in [5.41, 5.74) is 2.45. The van der Waals surface area contributed by atoms with Crippen molar-refractivity contribution in [3.05, 3.63) is 35.4 Å². The summed E-state index contributed by atoms with van der Waals surface area (Å²) in [5, 5.41) is 5.77. The van der Waals surface area contributed by atoms with Crippen molar-refractivity contribution in [2.45, 2.75) is 26.2 Å². The van der Waals surface area contributed by atoms with Crippen LogP contribution in [0.3, 0.4) is 0 Å². The van der Waals surface area contributed by atoms with Crippen molar-refractivity contribution < 1.29 is 4.79 Å². The third-order valence-electron chi connectivity index (χ3n) is 2.90. The molecule has 0 saturated carbocycles. The lowest BCUT2D eigenvalue weighted by Gasteiger charge is -2.25. The average Bonchev–Trinajstić information content (AvgIpc) is 2.28. The van der Waals surface area contributed by atoms with Crippen LogP contribution in [0.25, 0.3) is 0 Å². The molecule has 1 amide bonds. The first-order valence-corrected chi connectivity index (χ1v) is 5.94. The van der Waals surface area contributed by atoms with Crippen molar-refractivity contribution in [3.63, 3.8) is 0 Å². The lowest BCUT2D eigenvalue weighted by Crippen LogP contribution is -2.40. The molecule has 1 aromatic carbocycles. The number of nitrogens with one attached hydrogen (secondary N) is 2. The molecule has 0 unspecified atom stereocenters. The molecule has 0 radical (unpaired) electrons. The molecule has 0 aliphatic heterocycles. The standard InChI is InChI=1S/C14H22N2O/c1-11-5-7-12(8-6-11)14(2,3)10-16-13(17)9-15-4/h5-8,15H,9-10H2,1-4H3,(H,16,17). The maximum atomic E-state index is 11.4. The van der Waals surface area contributed by atoms with E-state index in [1.807, 2.05) is 0 Å². The molecule has 94 valence electrons. The van der Waals surface area contributed by atoms with E-state index in [0.717, 1.165) is 0 Å². The van der Waals surface area contributed by atoms with Gasteiger partial charge in [0.2, 0.25) is 5.91 Å². The van der Waals surface area contributed by atoms with Crippen LogP contribution in [0.5, 0.6) is 0 Å². The van der Waals surface area contributed by atoms with Gasteiger partial charge >= 0.3 is 0 Å². The highest BCUT2D eigenvalue weighted by atomic mass is 16.1. The lowest BCUT2D eigenvalue weighted by molar-refractivity contribution is -0.120. The first kappa shape index (κ1) is 13.7.